The molecular weight excluding hydrogens is 298 g/mol. The van der Waals surface area contributed by atoms with Gasteiger partial charge in [0.25, 0.3) is 0 Å². The molecule has 0 bridgehead atoms. The second-order valence-corrected chi connectivity index (χ2v) is 6.59. The number of carboxylic acid groups (broad SMARTS) is 1. The lowest BCUT2D eigenvalue weighted by Crippen LogP contribution is -2.25. The molecule has 5 heteroatoms. The average molecular weight is 315 g/mol. The van der Waals surface area contributed by atoms with Crippen molar-refractivity contribution in [2.75, 3.05) is 0 Å². The third-order valence-corrected chi connectivity index (χ3v) is 5.16. The highest BCUT2D eigenvalue weighted by molar-refractivity contribution is 7.10. The lowest BCUT2D eigenvalue weighted by Gasteiger charge is -2.06. The number of hydrogen-bond donors (Lipinski definition) is 2. The molecule has 1 aromatic carbocycles. The summed E-state index contributed by atoms with van der Waals surface area (Å²) in [7, 11) is 0. The summed E-state index contributed by atoms with van der Waals surface area (Å²) in [5.74, 6) is -0.493. The highest BCUT2D eigenvalue weighted by atomic mass is 32.1. The van der Waals surface area contributed by atoms with E-state index < -0.39 is 5.97 Å². The van der Waals surface area contributed by atoms with Crippen LogP contribution in [0.3, 0.4) is 0 Å². The lowest BCUT2D eigenvalue weighted by molar-refractivity contribution is -0.122. The summed E-state index contributed by atoms with van der Waals surface area (Å²) in [6.45, 7) is 2.45. The van der Waals surface area contributed by atoms with Gasteiger partial charge in [-0.2, -0.15) is 0 Å². The molecule has 2 aromatic rings. The number of nitrogens with one attached hydrogen (secondary N) is 1. The molecule has 1 saturated carbocycles. The minimum absolute atomic E-state index is 0.0542. The number of carbonyl (C=O) groups excluding carboxylic acids is 1. The Balaban J connectivity index is 1.57. The van der Waals surface area contributed by atoms with E-state index in [2.05, 4.69) is 23.7 Å². The Bertz CT molecular complexity index is 722. The summed E-state index contributed by atoms with van der Waals surface area (Å²) >= 11 is 1.72. The fourth-order valence-electron chi connectivity index (χ4n) is 2.67. The van der Waals surface area contributed by atoms with Crippen molar-refractivity contribution in [3.63, 3.8) is 0 Å². The van der Waals surface area contributed by atoms with Crippen molar-refractivity contribution >= 4 is 23.2 Å². The normalized spacial score (nSPS) is 19.7. The molecule has 0 radical (unpaired) electrons. The quantitative estimate of drug-likeness (QED) is 0.890. The van der Waals surface area contributed by atoms with Crippen LogP contribution in [0.2, 0.25) is 0 Å². The molecule has 0 spiro atoms. The molecule has 3 rings (SSSR count). The van der Waals surface area contributed by atoms with Gasteiger partial charge in [0.05, 0.1) is 5.56 Å². The summed E-state index contributed by atoms with van der Waals surface area (Å²) in [4.78, 5) is 24.4. The Morgan fingerprint density at radius 2 is 2.18 bits per heavy atom. The van der Waals surface area contributed by atoms with Crippen molar-refractivity contribution in [2.24, 2.45) is 5.92 Å². The van der Waals surface area contributed by atoms with Gasteiger partial charge in [-0.15, -0.1) is 11.3 Å². The van der Waals surface area contributed by atoms with Gasteiger partial charge in [-0.25, -0.2) is 4.79 Å². The van der Waals surface area contributed by atoms with E-state index in [4.69, 9.17) is 5.11 Å². The Hall–Kier alpha value is -2.14. The van der Waals surface area contributed by atoms with Gasteiger partial charge < -0.3 is 10.4 Å². The van der Waals surface area contributed by atoms with Gasteiger partial charge >= 0.3 is 5.97 Å². The van der Waals surface area contributed by atoms with E-state index in [9.17, 15) is 9.59 Å². The van der Waals surface area contributed by atoms with Gasteiger partial charge in [0.15, 0.2) is 0 Å². The van der Waals surface area contributed by atoms with E-state index in [0.717, 1.165) is 12.0 Å². The van der Waals surface area contributed by atoms with Crippen molar-refractivity contribution < 1.29 is 14.7 Å². The first-order valence-corrected chi connectivity index (χ1v) is 8.08. The van der Waals surface area contributed by atoms with Crippen LogP contribution in [0.15, 0.2) is 35.7 Å². The van der Waals surface area contributed by atoms with Gasteiger partial charge in [0, 0.05) is 23.3 Å². The minimum Gasteiger partial charge on any atom is -0.478 e. The average Bonchev–Trinajstić information content (AvgIpc) is 3.19. The van der Waals surface area contributed by atoms with Gasteiger partial charge in [-0.3, -0.25) is 4.79 Å². The maximum Gasteiger partial charge on any atom is 0.335 e. The number of hydrogen-bond acceptors (Lipinski definition) is 3. The van der Waals surface area contributed by atoms with Crippen LogP contribution in [0.5, 0.6) is 0 Å². The van der Waals surface area contributed by atoms with Gasteiger partial charge in [0.2, 0.25) is 5.91 Å². The summed E-state index contributed by atoms with van der Waals surface area (Å²) in [5, 5.41) is 13.9. The number of benzene rings is 1. The fourth-order valence-corrected chi connectivity index (χ4v) is 3.78. The largest absolute Gasteiger partial charge is 0.478 e. The number of rotatable bonds is 5. The van der Waals surface area contributed by atoms with Crippen LogP contribution in [0, 0.1) is 12.8 Å². The van der Waals surface area contributed by atoms with Crippen molar-refractivity contribution in [2.45, 2.75) is 25.8 Å². The molecule has 0 aliphatic heterocycles. The zero-order valence-electron chi connectivity index (χ0n) is 12.2. The van der Waals surface area contributed by atoms with Crippen LogP contribution in [0.4, 0.5) is 0 Å². The molecule has 1 aromatic heterocycles. The highest BCUT2D eigenvalue weighted by Gasteiger charge is 2.45. The number of carbonyl (C=O) groups is 2. The van der Waals surface area contributed by atoms with E-state index in [1.165, 1.54) is 10.4 Å². The smallest absolute Gasteiger partial charge is 0.335 e. The molecule has 22 heavy (non-hydrogen) atoms. The molecule has 1 amide bonds. The molecule has 1 fully saturated rings. The van der Waals surface area contributed by atoms with E-state index in [-0.39, 0.29) is 17.4 Å². The monoisotopic (exact) mass is 315 g/mol. The Morgan fingerprint density at radius 3 is 2.86 bits per heavy atom. The standard InChI is InChI=1S/C17H17NO3S/c1-10-5-6-22-15(10)13-8-14(13)16(19)18-9-11-3-2-4-12(7-11)17(20)21/h2-7,13-14H,8-9H2,1H3,(H,18,19)(H,20,21)/t13-,14+/m0/s1. The second kappa shape index (κ2) is 5.93. The van der Waals surface area contributed by atoms with Crippen molar-refractivity contribution in [1.82, 2.24) is 5.32 Å². The SMILES string of the molecule is Cc1ccsc1[C@H]1C[C@H]1C(=O)NCc1cccc(C(=O)O)c1. The maximum atomic E-state index is 12.2. The molecule has 1 heterocycles. The van der Waals surface area contributed by atoms with Crippen LogP contribution in [0.25, 0.3) is 0 Å². The molecule has 1 aliphatic carbocycles. The molecule has 4 nitrogen and oxygen atoms in total. The van der Waals surface area contributed by atoms with Crippen LogP contribution in [0.1, 0.15) is 38.7 Å². The summed E-state index contributed by atoms with van der Waals surface area (Å²) < 4.78 is 0. The molecule has 0 unspecified atom stereocenters. The Labute approximate surface area is 132 Å². The molecule has 0 saturated heterocycles. The van der Waals surface area contributed by atoms with E-state index >= 15 is 0 Å². The number of thiophene rings is 1. The van der Waals surface area contributed by atoms with E-state index in [1.807, 2.05) is 6.07 Å². The van der Waals surface area contributed by atoms with Crippen LogP contribution >= 0.6 is 11.3 Å². The van der Waals surface area contributed by atoms with Crippen LogP contribution in [-0.2, 0) is 11.3 Å². The molecule has 2 N–H and O–H groups in total. The van der Waals surface area contributed by atoms with E-state index in [0.29, 0.717) is 12.5 Å². The topological polar surface area (TPSA) is 66.4 Å². The van der Waals surface area contributed by atoms with Crippen molar-refractivity contribution in [1.29, 1.82) is 0 Å². The van der Waals surface area contributed by atoms with Crippen molar-refractivity contribution in [3.8, 4) is 0 Å². The van der Waals surface area contributed by atoms with Crippen LogP contribution < -0.4 is 5.32 Å². The van der Waals surface area contributed by atoms with Gasteiger partial charge in [-0.05, 0) is 48.1 Å². The third-order valence-electron chi connectivity index (χ3n) is 4.01. The van der Waals surface area contributed by atoms with Gasteiger partial charge in [-0.1, -0.05) is 12.1 Å². The first kappa shape index (κ1) is 14.8. The second-order valence-electron chi connectivity index (χ2n) is 5.64. The number of aromatic carboxylic acids is 1. The van der Waals surface area contributed by atoms with Crippen molar-refractivity contribution in [3.05, 3.63) is 57.3 Å². The predicted molar refractivity (Wildman–Crippen MR) is 85.2 cm³/mol. The third kappa shape index (κ3) is 3.04. The summed E-state index contributed by atoms with van der Waals surface area (Å²) in [6, 6.07) is 8.74. The fraction of sp³-hybridized carbons (Fsp3) is 0.294. The highest BCUT2D eigenvalue weighted by Crippen LogP contribution is 2.50. The number of amides is 1. The maximum absolute atomic E-state index is 12.2. The lowest BCUT2D eigenvalue weighted by atomic mass is 10.1. The molecular formula is C17H17NO3S. The number of carboxylic acids is 1. The first-order valence-electron chi connectivity index (χ1n) is 7.20. The molecule has 1 aliphatic rings. The summed E-state index contributed by atoms with van der Waals surface area (Å²) in [6.07, 6.45) is 0.905. The zero-order valence-corrected chi connectivity index (χ0v) is 13.0. The predicted octanol–water partition coefficient (Wildman–Crippen LogP) is 3.17. The molecule has 2 atom stereocenters. The molecule has 114 valence electrons. The Kier molecular flexibility index (Phi) is 3.98. The zero-order chi connectivity index (χ0) is 15.7. The first-order chi connectivity index (χ1) is 10.6. The van der Waals surface area contributed by atoms with Gasteiger partial charge in [0.1, 0.15) is 0 Å². The Morgan fingerprint density at radius 1 is 1.36 bits per heavy atom. The van der Waals surface area contributed by atoms with Crippen LogP contribution in [-0.4, -0.2) is 17.0 Å². The number of aryl methyl sites for hydroxylation is 1. The minimum atomic E-state index is -0.955. The summed E-state index contributed by atoms with van der Waals surface area (Å²) in [5.41, 5.74) is 2.31. The van der Waals surface area contributed by atoms with E-state index in [1.54, 1.807) is 29.5 Å².